The highest BCUT2D eigenvalue weighted by Crippen LogP contribution is 2.10. The van der Waals surface area contributed by atoms with E-state index in [9.17, 15) is 14.0 Å². The van der Waals surface area contributed by atoms with Crippen molar-refractivity contribution in [2.24, 2.45) is 0 Å². The lowest BCUT2D eigenvalue weighted by Crippen LogP contribution is -2.29. The molecule has 0 aliphatic rings. The number of halogens is 1. The van der Waals surface area contributed by atoms with E-state index in [1.54, 1.807) is 0 Å². The number of aromatic amines is 1. The van der Waals surface area contributed by atoms with Gasteiger partial charge in [0.1, 0.15) is 11.5 Å². The van der Waals surface area contributed by atoms with Crippen molar-refractivity contribution in [1.82, 2.24) is 20.5 Å². The molecule has 116 valence electrons. The fourth-order valence-corrected chi connectivity index (χ4v) is 2.23. The maximum atomic E-state index is 12.8. The maximum absolute atomic E-state index is 12.8. The number of pyridine rings is 1. The molecule has 0 atom stereocenters. The van der Waals surface area contributed by atoms with Crippen molar-refractivity contribution in [3.8, 4) is 0 Å². The average molecular weight is 304 g/mol. The molecule has 0 fully saturated rings. The summed E-state index contributed by atoms with van der Waals surface area (Å²) < 4.78 is 12.8. The van der Waals surface area contributed by atoms with E-state index in [1.807, 2.05) is 13.8 Å². The normalized spacial score (nSPS) is 10.5. The molecule has 2 aromatic heterocycles. The van der Waals surface area contributed by atoms with Crippen LogP contribution in [0.4, 0.5) is 4.39 Å². The van der Waals surface area contributed by atoms with E-state index in [-0.39, 0.29) is 17.8 Å². The van der Waals surface area contributed by atoms with Gasteiger partial charge in [0.25, 0.3) is 11.5 Å². The van der Waals surface area contributed by atoms with E-state index >= 15 is 0 Å². The van der Waals surface area contributed by atoms with Gasteiger partial charge in [0.05, 0.1) is 11.9 Å². The minimum absolute atomic E-state index is 0.0753. The number of nitrogens with one attached hydrogen (secondary N) is 2. The summed E-state index contributed by atoms with van der Waals surface area (Å²) >= 11 is 0. The number of H-pyrrole nitrogens is 1. The molecule has 0 unspecified atom stereocenters. The number of aryl methyl sites for hydroxylation is 1. The molecule has 0 aromatic carbocycles. The van der Waals surface area contributed by atoms with Gasteiger partial charge in [-0.1, -0.05) is 13.8 Å². The minimum atomic E-state index is -0.511. The van der Waals surface area contributed by atoms with E-state index < -0.39 is 11.7 Å². The van der Waals surface area contributed by atoms with Crippen LogP contribution >= 0.6 is 0 Å². The SMILES string of the molecule is CCc1n[nH]c(=O)c(CNC(=O)c2ccc(F)cn2)c1CC. The van der Waals surface area contributed by atoms with Crippen LogP contribution < -0.4 is 10.9 Å². The Bertz CT molecular complexity index is 725. The molecule has 0 spiro atoms. The molecule has 2 heterocycles. The van der Waals surface area contributed by atoms with Gasteiger partial charge in [-0.3, -0.25) is 9.59 Å². The van der Waals surface area contributed by atoms with Gasteiger partial charge in [0, 0.05) is 12.1 Å². The van der Waals surface area contributed by atoms with Crippen molar-refractivity contribution in [3.63, 3.8) is 0 Å². The zero-order chi connectivity index (χ0) is 16.1. The Morgan fingerprint density at radius 1 is 1.27 bits per heavy atom. The van der Waals surface area contributed by atoms with Crippen molar-refractivity contribution in [2.45, 2.75) is 33.2 Å². The Morgan fingerprint density at radius 2 is 2.05 bits per heavy atom. The van der Waals surface area contributed by atoms with Crippen molar-refractivity contribution in [3.05, 3.63) is 57.0 Å². The Kier molecular flexibility index (Phi) is 4.98. The number of hydrogen-bond acceptors (Lipinski definition) is 4. The van der Waals surface area contributed by atoms with Gasteiger partial charge in [0.15, 0.2) is 0 Å². The van der Waals surface area contributed by atoms with Crippen molar-refractivity contribution < 1.29 is 9.18 Å². The Labute approximate surface area is 126 Å². The largest absolute Gasteiger partial charge is 0.346 e. The summed E-state index contributed by atoms with van der Waals surface area (Å²) in [6.07, 6.45) is 2.32. The molecule has 0 bridgehead atoms. The quantitative estimate of drug-likeness (QED) is 0.873. The number of hydrogen-bond donors (Lipinski definition) is 2. The Balaban J connectivity index is 2.19. The van der Waals surface area contributed by atoms with Crippen LogP contribution in [-0.4, -0.2) is 21.1 Å². The molecule has 0 saturated carbocycles. The first-order valence-electron chi connectivity index (χ1n) is 7.05. The van der Waals surface area contributed by atoms with Gasteiger partial charge < -0.3 is 5.32 Å². The Morgan fingerprint density at radius 3 is 2.64 bits per heavy atom. The van der Waals surface area contributed by atoms with Gasteiger partial charge in [-0.2, -0.15) is 5.10 Å². The predicted molar refractivity (Wildman–Crippen MR) is 79.0 cm³/mol. The molecular weight excluding hydrogens is 287 g/mol. The van der Waals surface area contributed by atoms with E-state index in [1.165, 1.54) is 6.07 Å². The van der Waals surface area contributed by atoms with E-state index in [0.29, 0.717) is 18.4 Å². The summed E-state index contributed by atoms with van der Waals surface area (Å²) in [5, 5.41) is 9.09. The summed E-state index contributed by atoms with van der Waals surface area (Å²) in [4.78, 5) is 27.6. The number of amides is 1. The molecule has 2 N–H and O–H groups in total. The zero-order valence-corrected chi connectivity index (χ0v) is 12.4. The predicted octanol–water partition coefficient (Wildman–Crippen LogP) is 1.36. The molecule has 2 aromatic rings. The lowest BCUT2D eigenvalue weighted by Gasteiger charge is -2.11. The minimum Gasteiger partial charge on any atom is -0.346 e. The van der Waals surface area contributed by atoms with Crippen LogP contribution in [0.15, 0.2) is 23.1 Å². The standard InChI is InChI=1S/C15H17FN4O2/c1-3-10-11(14(21)20-19-12(10)4-2)8-18-15(22)13-6-5-9(16)7-17-13/h5-7H,3-4,8H2,1-2H3,(H,18,22)(H,20,21). The van der Waals surface area contributed by atoms with Crippen LogP contribution in [0.2, 0.25) is 0 Å². The van der Waals surface area contributed by atoms with Crippen LogP contribution in [0.3, 0.4) is 0 Å². The highest BCUT2D eigenvalue weighted by Gasteiger charge is 2.14. The van der Waals surface area contributed by atoms with E-state index in [4.69, 9.17) is 0 Å². The molecule has 1 amide bonds. The third kappa shape index (κ3) is 3.36. The third-order valence-electron chi connectivity index (χ3n) is 3.35. The smallest absolute Gasteiger partial charge is 0.270 e. The molecule has 2 rings (SSSR count). The number of carbonyl (C=O) groups excluding carboxylic acids is 1. The van der Waals surface area contributed by atoms with Crippen LogP contribution in [0, 0.1) is 5.82 Å². The first-order chi connectivity index (χ1) is 10.6. The summed E-state index contributed by atoms with van der Waals surface area (Å²) in [5.74, 6) is -0.973. The summed E-state index contributed by atoms with van der Waals surface area (Å²) in [6, 6.07) is 2.45. The fourth-order valence-electron chi connectivity index (χ4n) is 2.23. The molecule has 6 nitrogen and oxygen atoms in total. The molecule has 7 heteroatoms. The summed E-state index contributed by atoms with van der Waals surface area (Å²) in [7, 11) is 0. The van der Waals surface area contributed by atoms with Crippen LogP contribution in [0.5, 0.6) is 0 Å². The van der Waals surface area contributed by atoms with Crippen molar-refractivity contribution in [1.29, 1.82) is 0 Å². The van der Waals surface area contributed by atoms with E-state index in [0.717, 1.165) is 23.5 Å². The van der Waals surface area contributed by atoms with Gasteiger partial charge in [0.2, 0.25) is 0 Å². The number of rotatable bonds is 5. The maximum Gasteiger partial charge on any atom is 0.270 e. The van der Waals surface area contributed by atoms with Crippen molar-refractivity contribution in [2.75, 3.05) is 0 Å². The molecule has 0 aliphatic heterocycles. The second-order valence-corrected chi connectivity index (χ2v) is 4.71. The Hall–Kier alpha value is -2.57. The molecular formula is C15H17FN4O2. The van der Waals surface area contributed by atoms with Crippen LogP contribution in [0.25, 0.3) is 0 Å². The molecule has 0 saturated heterocycles. The highest BCUT2D eigenvalue weighted by molar-refractivity contribution is 5.92. The molecule has 0 aliphatic carbocycles. The van der Waals surface area contributed by atoms with Gasteiger partial charge >= 0.3 is 0 Å². The monoisotopic (exact) mass is 304 g/mol. The molecule has 22 heavy (non-hydrogen) atoms. The number of aromatic nitrogens is 3. The summed E-state index contributed by atoms with van der Waals surface area (Å²) in [5.41, 5.74) is 1.93. The lowest BCUT2D eigenvalue weighted by molar-refractivity contribution is 0.0945. The second-order valence-electron chi connectivity index (χ2n) is 4.71. The van der Waals surface area contributed by atoms with E-state index in [2.05, 4.69) is 20.5 Å². The first kappa shape index (κ1) is 15.8. The van der Waals surface area contributed by atoms with Gasteiger partial charge in [-0.15, -0.1) is 0 Å². The summed E-state index contributed by atoms with van der Waals surface area (Å²) in [6.45, 7) is 3.96. The number of carbonyl (C=O) groups is 1. The van der Waals surface area contributed by atoms with Crippen LogP contribution in [0.1, 0.15) is 41.2 Å². The fraction of sp³-hybridized carbons (Fsp3) is 0.333. The van der Waals surface area contributed by atoms with Gasteiger partial charge in [-0.25, -0.2) is 14.5 Å². The second kappa shape index (κ2) is 6.93. The number of nitrogens with zero attached hydrogens (tertiary/aromatic N) is 2. The van der Waals surface area contributed by atoms with Crippen molar-refractivity contribution >= 4 is 5.91 Å². The van der Waals surface area contributed by atoms with Crippen LogP contribution in [-0.2, 0) is 19.4 Å². The molecule has 0 radical (unpaired) electrons. The highest BCUT2D eigenvalue weighted by atomic mass is 19.1. The lowest BCUT2D eigenvalue weighted by atomic mass is 10.0. The topological polar surface area (TPSA) is 87.7 Å². The zero-order valence-electron chi connectivity index (χ0n) is 12.4. The third-order valence-corrected chi connectivity index (χ3v) is 3.35. The first-order valence-corrected chi connectivity index (χ1v) is 7.05. The average Bonchev–Trinajstić information content (AvgIpc) is 2.53. The van der Waals surface area contributed by atoms with Gasteiger partial charge in [-0.05, 0) is 30.5 Å².